The summed E-state index contributed by atoms with van der Waals surface area (Å²) in [6.45, 7) is 4.22. The number of hydrogen-bond donors (Lipinski definition) is 2. The third-order valence-electron chi connectivity index (χ3n) is 7.51. The predicted molar refractivity (Wildman–Crippen MR) is 162 cm³/mol. The van der Waals surface area contributed by atoms with Crippen molar-refractivity contribution < 1.29 is 23.8 Å². The fraction of sp³-hybridized carbons (Fsp3) is 0.517. The summed E-state index contributed by atoms with van der Waals surface area (Å²) in [5, 5.41) is 4.04. The second-order valence-corrected chi connectivity index (χ2v) is 11.6. The fourth-order valence-corrected chi connectivity index (χ4v) is 5.61. The van der Waals surface area contributed by atoms with Gasteiger partial charge in [0.1, 0.15) is 23.1 Å². The summed E-state index contributed by atoms with van der Waals surface area (Å²) in [5.74, 6) is 0.881. The van der Waals surface area contributed by atoms with Crippen LogP contribution in [0.15, 0.2) is 30.3 Å². The second-order valence-electron chi connectivity index (χ2n) is 10.4. The van der Waals surface area contributed by atoms with Crippen LogP contribution in [0.5, 0.6) is 11.5 Å². The van der Waals surface area contributed by atoms with Crippen LogP contribution in [0.4, 0.5) is 10.5 Å². The number of rotatable bonds is 10. The van der Waals surface area contributed by atoms with Gasteiger partial charge in [-0.3, -0.25) is 9.69 Å². The molecular formula is C29H37Cl3N4O5. The number of piperidine rings is 2. The minimum atomic E-state index is -0.488. The van der Waals surface area contributed by atoms with Gasteiger partial charge in [-0.15, -0.1) is 0 Å². The molecule has 9 nitrogen and oxygen atoms in total. The Hall–Kier alpha value is -2.59. The number of nitrogens with zero attached hydrogens (tertiary/aromatic N) is 2. The molecule has 224 valence electrons. The van der Waals surface area contributed by atoms with Crippen LogP contribution in [0, 0.1) is 5.92 Å². The normalized spacial score (nSPS) is 17.1. The van der Waals surface area contributed by atoms with Gasteiger partial charge in [0.05, 0.1) is 28.4 Å². The molecule has 0 radical (unpaired) electrons. The summed E-state index contributed by atoms with van der Waals surface area (Å²) in [6.07, 6.45) is 4.05. The van der Waals surface area contributed by atoms with E-state index in [1.165, 1.54) is 13.2 Å². The SMILES string of the molecule is COc1cc(N)c(Cl)cc1C(=O)NCC1CCN(CC(COc2cccc(Cl)c2Cl)OC(=O)N2CCCCC2)CC1. The van der Waals surface area contributed by atoms with Gasteiger partial charge < -0.3 is 30.2 Å². The Labute approximate surface area is 256 Å². The molecule has 3 N–H and O–H groups in total. The Morgan fingerprint density at radius 3 is 2.46 bits per heavy atom. The van der Waals surface area contributed by atoms with E-state index in [4.69, 9.17) is 54.7 Å². The number of halogens is 3. The lowest BCUT2D eigenvalue weighted by atomic mass is 9.96. The van der Waals surface area contributed by atoms with E-state index in [9.17, 15) is 9.59 Å². The highest BCUT2D eigenvalue weighted by atomic mass is 35.5. The van der Waals surface area contributed by atoms with Gasteiger partial charge in [0.15, 0.2) is 6.10 Å². The first-order chi connectivity index (χ1) is 19.7. The first-order valence-corrected chi connectivity index (χ1v) is 15.0. The number of benzene rings is 2. The minimum Gasteiger partial charge on any atom is -0.496 e. The second kappa shape index (κ2) is 15.0. The molecule has 0 aromatic heterocycles. The number of anilines is 1. The summed E-state index contributed by atoms with van der Waals surface area (Å²) < 4.78 is 17.2. The van der Waals surface area contributed by atoms with E-state index < -0.39 is 6.10 Å². The largest absolute Gasteiger partial charge is 0.496 e. The van der Waals surface area contributed by atoms with Crippen LogP contribution < -0.4 is 20.5 Å². The monoisotopic (exact) mass is 626 g/mol. The predicted octanol–water partition coefficient (Wildman–Crippen LogP) is 5.75. The van der Waals surface area contributed by atoms with Crippen LogP contribution in [-0.2, 0) is 4.74 Å². The smallest absolute Gasteiger partial charge is 0.410 e. The van der Waals surface area contributed by atoms with E-state index in [1.54, 1.807) is 29.2 Å². The summed E-state index contributed by atoms with van der Waals surface area (Å²) in [7, 11) is 1.49. The Kier molecular flexibility index (Phi) is 11.5. The van der Waals surface area contributed by atoms with Gasteiger partial charge in [0.2, 0.25) is 0 Å². The van der Waals surface area contributed by atoms with Gasteiger partial charge in [-0.05, 0) is 69.3 Å². The minimum absolute atomic E-state index is 0.154. The standard InChI is InChI=1S/C29H37Cl3N4O5/c1-39-26-15-24(33)23(31)14-21(26)28(37)34-16-19-8-12-35(13-9-19)17-20(41-29(38)36-10-3-2-4-11-36)18-40-25-7-5-6-22(30)27(25)32/h5-7,14-15,19-20H,2-4,8-13,16-18,33H2,1H3,(H,34,37). The first kappa shape index (κ1) is 31.3. The molecule has 0 aliphatic carbocycles. The molecule has 2 saturated heterocycles. The van der Waals surface area contributed by atoms with Gasteiger partial charge in [0.25, 0.3) is 5.91 Å². The molecule has 0 spiro atoms. The van der Waals surface area contributed by atoms with Crippen molar-refractivity contribution in [1.29, 1.82) is 0 Å². The number of nitrogens with one attached hydrogen (secondary N) is 1. The molecule has 41 heavy (non-hydrogen) atoms. The van der Waals surface area contributed by atoms with E-state index in [0.717, 1.165) is 45.2 Å². The molecule has 12 heteroatoms. The molecule has 1 atom stereocenters. The Bertz CT molecular complexity index is 1200. The van der Waals surface area contributed by atoms with E-state index >= 15 is 0 Å². The highest BCUT2D eigenvalue weighted by molar-refractivity contribution is 6.42. The fourth-order valence-electron chi connectivity index (χ4n) is 5.10. The van der Waals surface area contributed by atoms with Crippen molar-refractivity contribution in [2.24, 2.45) is 5.92 Å². The van der Waals surface area contributed by atoms with Crippen LogP contribution in [0.2, 0.25) is 15.1 Å². The van der Waals surface area contributed by atoms with Crippen molar-refractivity contribution in [3.05, 3.63) is 51.0 Å². The highest BCUT2D eigenvalue weighted by Crippen LogP contribution is 2.32. The lowest BCUT2D eigenvalue weighted by molar-refractivity contribution is 0.0120. The first-order valence-electron chi connectivity index (χ1n) is 13.9. The number of likely N-dealkylation sites (tertiary alicyclic amines) is 2. The number of hydrogen-bond acceptors (Lipinski definition) is 7. The average molecular weight is 628 g/mol. The van der Waals surface area contributed by atoms with Crippen LogP contribution in [-0.4, -0.2) is 80.9 Å². The number of ether oxygens (including phenoxy) is 3. The van der Waals surface area contributed by atoms with Gasteiger partial charge in [0, 0.05) is 32.2 Å². The van der Waals surface area contributed by atoms with Crippen molar-refractivity contribution in [2.45, 2.75) is 38.2 Å². The maximum absolute atomic E-state index is 12.9. The molecule has 2 aliphatic rings. The van der Waals surface area contributed by atoms with Gasteiger partial charge in [-0.2, -0.15) is 0 Å². The van der Waals surface area contributed by atoms with Crippen LogP contribution in [0.25, 0.3) is 0 Å². The van der Waals surface area contributed by atoms with E-state index in [1.807, 2.05) is 0 Å². The summed E-state index contributed by atoms with van der Waals surface area (Å²) in [5.41, 5.74) is 6.54. The van der Waals surface area contributed by atoms with Crippen molar-refractivity contribution in [3.63, 3.8) is 0 Å². The van der Waals surface area contributed by atoms with E-state index in [2.05, 4.69) is 10.2 Å². The zero-order valence-electron chi connectivity index (χ0n) is 23.2. The molecule has 2 fully saturated rings. The van der Waals surface area contributed by atoms with Crippen LogP contribution >= 0.6 is 34.8 Å². The lowest BCUT2D eigenvalue weighted by Crippen LogP contribution is -2.46. The molecular weight excluding hydrogens is 591 g/mol. The molecule has 2 aromatic carbocycles. The maximum atomic E-state index is 12.9. The van der Waals surface area contributed by atoms with Gasteiger partial charge >= 0.3 is 6.09 Å². The number of amides is 2. The third kappa shape index (κ3) is 8.70. The number of methoxy groups -OCH3 is 1. The maximum Gasteiger partial charge on any atom is 0.410 e. The lowest BCUT2D eigenvalue weighted by Gasteiger charge is -2.35. The molecule has 4 rings (SSSR count). The molecule has 1 unspecified atom stereocenters. The number of nitrogen functional groups attached to an aromatic ring is 1. The Morgan fingerprint density at radius 1 is 1.02 bits per heavy atom. The third-order valence-corrected chi connectivity index (χ3v) is 8.64. The van der Waals surface area contributed by atoms with E-state index in [0.29, 0.717) is 69.9 Å². The molecule has 2 amide bonds. The number of carbonyl (C=O) groups is 2. The van der Waals surface area contributed by atoms with Crippen molar-refractivity contribution >= 4 is 52.5 Å². The van der Waals surface area contributed by atoms with Gasteiger partial charge in [-0.25, -0.2) is 4.79 Å². The quantitative estimate of drug-likeness (QED) is 0.323. The molecule has 0 bridgehead atoms. The van der Waals surface area contributed by atoms with Gasteiger partial charge in [-0.1, -0.05) is 40.9 Å². The summed E-state index contributed by atoms with van der Waals surface area (Å²) in [6, 6.07) is 8.27. The van der Waals surface area contributed by atoms with Crippen molar-refractivity contribution in [1.82, 2.24) is 15.1 Å². The Balaban J connectivity index is 1.30. The van der Waals surface area contributed by atoms with Crippen LogP contribution in [0.3, 0.4) is 0 Å². The van der Waals surface area contributed by atoms with Crippen molar-refractivity contribution in [3.8, 4) is 11.5 Å². The van der Waals surface area contributed by atoms with Crippen molar-refractivity contribution in [2.75, 3.05) is 58.7 Å². The highest BCUT2D eigenvalue weighted by Gasteiger charge is 2.27. The zero-order valence-corrected chi connectivity index (χ0v) is 25.4. The summed E-state index contributed by atoms with van der Waals surface area (Å²) >= 11 is 18.6. The summed E-state index contributed by atoms with van der Waals surface area (Å²) in [4.78, 5) is 29.8. The number of nitrogens with two attached hydrogens (primary N) is 1. The topological polar surface area (TPSA) is 106 Å². The molecule has 2 aromatic rings. The Morgan fingerprint density at radius 2 is 1.76 bits per heavy atom. The molecule has 2 aliphatic heterocycles. The average Bonchev–Trinajstić information content (AvgIpc) is 2.98. The molecule has 0 saturated carbocycles. The molecule has 2 heterocycles. The zero-order chi connectivity index (χ0) is 29.4. The number of carbonyl (C=O) groups excluding carboxylic acids is 2. The van der Waals surface area contributed by atoms with Crippen LogP contribution in [0.1, 0.15) is 42.5 Å². The van der Waals surface area contributed by atoms with E-state index in [-0.39, 0.29) is 18.6 Å².